The molecule has 1 fully saturated rings. The first-order chi connectivity index (χ1) is 20.4. The molecule has 0 radical (unpaired) electrons. The number of amidine groups is 1. The number of aliphatic carboxylic acids is 1. The second kappa shape index (κ2) is 14.3. The number of carboxylic acid groups (broad SMARTS) is 1. The van der Waals surface area contributed by atoms with Gasteiger partial charge in [-0.05, 0) is 48.4 Å². The maximum absolute atomic E-state index is 15.3. The SMILES string of the molecule is Br.COc1cc2c(c(F)c1OC)C(=N)N(CC(=O)c1cc(N3CCC(C#N)C3)c(OCCCCC(=O)O)c(C(C)(C)C)c1)C2. The molecule has 2 heterocycles. The zero-order chi connectivity index (χ0) is 31.5. The van der Waals surface area contributed by atoms with E-state index in [4.69, 9.17) is 24.7 Å². The first-order valence-electron chi connectivity index (χ1n) is 14.4. The third-order valence-corrected chi connectivity index (χ3v) is 7.88. The molecule has 1 atom stereocenters. The van der Waals surface area contributed by atoms with E-state index in [1.165, 1.54) is 19.1 Å². The summed E-state index contributed by atoms with van der Waals surface area (Å²) >= 11 is 0. The molecule has 2 aliphatic rings. The van der Waals surface area contributed by atoms with Crippen molar-refractivity contribution in [3.05, 3.63) is 46.3 Å². The fourth-order valence-electron chi connectivity index (χ4n) is 5.58. The largest absolute Gasteiger partial charge is 0.493 e. The van der Waals surface area contributed by atoms with Crippen molar-refractivity contribution in [1.82, 2.24) is 4.90 Å². The lowest BCUT2D eigenvalue weighted by Gasteiger charge is -2.30. The molecule has 12 heteroatoms. The van der Waals surface area contributed by atoms with Crippen molar-refractivity contribution in [3.63, 3.8) is 0 Å². The summed E-state index contributed by atoms with van der Waals surface area (Å²) in [6, 6.07) is 7.56. The number of carboxylic acids is 1. The van der Waals surface area contributed by atoms with Crippen LogP contribution in [0.5, 0.6) is 17.2 Å². The van der Waals surface area contributed by atoms with E-state index in [1.54, 1.807) is 12.1 Å². The van der Waals surface area contributed by atoms with Gasteiger partial charge in [-0.15, -0.1) is 17.0 Å². The fourth-order valence-corrected chi connectivity index (χ4v) is 5.58. The van der Waals surface area contributed by atoms with Gasteiger partial charge >= 0.3 is 5.97 Å². The number of carbonyl (C=O) groups is 2. The van der Waals surface area contributed by atoms with E-state index in [0.717, 1.165) is 5.56 Å². The number of rotatable bonds is 12. The molecule has 2 N–H and O–H groups in total. The molecule has 0 spiro atoms. The normalized spacial score (nSPS) is 15.8. The number of nitriles is 1. The molecule has 2 aromatic carbocycles. The number of hydrogen-bond acceptors (Lipinski definition) is 8. The number of nitrogens with zero attached hydrogens (tertiary/aromatic N) is 3. The lowest BCUT2D eigenvalue weighted by Crippen LogP contribution is -2.31. The first-order valence-corrected chi connectivity index (χ1v) is 14.4. The minimum Gasteiger partial charge on any atom is -0.493 e. The highest BCUT2D eigenvalue weighted by molar-refractivity contribution is 8.93. The average Bonchev–Trinajstić information content (AvgIpc) is 3.56. The molecule has 2 aliphatic heterocycles. The van der Waals surface area contributed by atoms with Gasteiger partial charge in [0.15, 0.2) is 23.1 Å². The number of Topliss-reactive ketones (excluding diaryl/α,β-unsaturated/α-hetero) is 1. The van der Waals surface area contributed by atoms with Crippen molar-refractivity contribution in [2.45, 2.75) is 58.4 Å². The van der Waals surface area contributed by atoms with Crippen LogP contribution in [-0.2, 0) is 16.8 Å². The van der Waals surface area contributed by atoms with E-state index in [9.17, 15) is 14.9 Å². The minimum atomic E-state index is -0.853. The van der Waals surface area contributed by atoms with E-state index >= 15 is 4.39 Å². The van der Waals surface area contributed by atoms with Crippen LogP contribution < -0.4 is 19.1 Å². The number of fused-ring (bicyclic) bond motifs is 1. The number of benzene rings is 2. The Balaban J connectivity index is 0.00000529. The van der Waals surface area contributed by atoms with Gasteiger partial charge in [0.25, 0.3) is 0 Å². The molecule has 0 aromatic heterocycles. The quantitative estimate of drug-likeness (QED) is 0.214. The summed E-state index contributed by atoms with van der Waals surface area (Å²) in [4.78, 5) is 28.3. The van der Waals surface area contributed by atoms with Gasteiger partial charge < -0.3 is 29.1 Å². The number of halogens is 2. The molecule has 0 aliphatic carbocycles. The van der Waals surface area contributed by atoms with Crippen LogP contribution >= 0.6 is 17.0 Å². The van der Waals surface area contributed by atoms with Gasteiger partial charge in [-0.3, -0.25) is 15.0 Å². The molecule has 1 saturated heterocycles. The van der Waals surface area contributed by atoms with Crippen LogP contribution in [-0.4, -0.2) is 68.1 Å². The second-order valence-corrected chi connectivity index (χ2v) is 12.0. The molecule has 0 saturated carbocycles. The highest BCUT2D eigenvalue weighted by atomic mass is 79.9. The van der Waals surface area contributed by atoms with Crippen molar-refractivity contribution < 1.29 is 33.3 Å². The molecule has 238 valence electrons. The number of ketones is 1. The Morgan fingerprint density at radius 3 is 2.48 bits per heavy atom. The Hall–Kier alpha value is -3.85. The molecule has 0 amide bonds. The number of hydrogen-bond donors (Lipinski definition) is 2. The smallest absolute Gasteiger partial charge is 0.303 e. The first kappa shape index (κ1) is 34.6. The number of unbranched alkanes of at least 4 members (excludes halogenated alkanes) is 1. The van der Waals surface area contributed by atoms with Crippen molar-refractivity contribution in [3.8, 4) is 23.3 Å². The summed E-state index contributed by atoms with van der Waals surface area (Å²) in [6.07, 6.45) is 1.79. The number of ether oxygens (including phenoxy) is 3. The third kappa shape index (κ3) is 7.26. The van der Waals surface area contributed by atoms with E-state index in [0.29, 0.717) is 61.5 Å². The average molecular weight is 676 g/mol. The predicted octanol–water partition coefficient (Wildman–Crippen LogP) is 5.73. The molecule has 1 unspecified atom stereocenters. The molecular formula is C32H40BrFN4O6. The summed E-state index contributed by atoms with van der Waals surface area (Å²) in [5.74, 6) is -1.27. The predicted molar refractivity (Wildman–Crippen MR) is 169 cm³/mol. The van der Waals surface area contributed by atoms with Gasteiger partial charge in [0.1, 0.15) is 11.6 Å². The zero-order valence-corrected chi connectivity index (χ0v) is 27.5. The van der Waals surface area contributed by atoms with Crippen molar-refractivity contribution in [2.75, 3.05) is 45.4 Å². The van der Waals surface area contributed by atoms with Crippen molar-refractivity contribution in [1.29, 1.82) is 10.7 Å². The summed E-state index contributed by atoms with van der Waals surface area (Å²) in [5, 5.41) is 27.2. The van der Waals surface area contributed by atoms with Crippen LogP contribution in [0.15, 0.2) is 18.2 Å². The van der Waals surface area contributed by atoms with Crippen molar-refractivity contribution in [2.24, 2.45) is 5.92 Å². The van der Waals surface area contributed by atoms with Crippen LogP contribution in [0.2, 0.25) is 0 Å². The Labute approximate surface area is 268 Å². The van der Waals surface area contributed by atoms with Gasteiger partial charge in [-0.25, -0.2) is 4.39 Å². The summed E-state index contributed by atoms with van der Waals surface area (Å²) in [5.41, 5.74) is 2.17. The minimum absolute atomic E-state index is 0. The van der Waals surface area contributed by atoms with E-state index < -0.39 is 17.2 Å². The Bertz CT molecular complexity index is 1470. The van der Waals surface area contributed by atoms with Crippen LogP contribution in [0.1, 0.15) is 73.5 Å². The topological polar surface area (TPSA) is 136 Å². The van der Waals surface area contributed by atoms with E-state index in [2.05, 4.69) is 11.0 Å². The Morgan fingerprint density at radius 1 is 1.16 bits per heavy atom. The fraction of sp³-hybridized carbons (Fsp3) is 0.500. The maximum atomic E-state index is 15.3. The zero-order valence-electron chi connectivity index (χ0n) is 25.8. The van der Waals surface area contributed by atoms with Gasteiger partial charge in [-0.1, -0.05) is 20.8 Å². The number of carbonyl (C=O) groups excluding carboxylic acids is 1. The third-order valence-electron chi connectivity index (χ3n) is 7.88. The summed E-state index contributed by atoms with van der Waals surface area (Å²) < 4.78 is 32.0. The van der Waals surface area contributed by atoms with Gasteiger partial charge in [0.05, 0.1) is 50.6 Å². The standard InChI is InChI=1S/C32H39FN4O6.BrH/c1-32(2,3)22-12-20(13-23(36-10-9-19(15-34)16-36)29(22)43-11-7-6-8-26(39)40)24(38)18-37-17-21-14-25(41-4)30(42-5)28(33)27(21)31(37)35;/h12-14,19,35H,6-11,16-18H2,1-5H3,(H,39,40);1H. The second-order valence-electron chi connectivity index (χ2n) is 12.0. The van der Waals surface area contributed by atoms with Gasteiger partial charge in [0, 0.05) is 37.2 Å². The maximum Gasteiger partial charge on any atom is 0.303 e. The molecule has 44 heavy (non-hydrogen) atoms. The number of nitrogens with one attached hydrogen (secondary N) is 1. The van der Waals surface area contributed by atoms with Crippen LogP contribution in [0.4, 0.5) is 10.1 Å². The lowest BCUT2D eigenvalue weighted by atomic mass is 9.84. The lowest BCUT2D eigenvalue weighted by molar-refractivity contribution is -0.137. The summed E-state index contributed by atoms with van der Waals surface area (Å²) in [7, 11) is 2.75. The monoisotopic (exact) mass is 674 g/mol. The Kier molecular flexibility index (Phi) is 11.2. The van der Waals surface area contributed by atoms with Gasteiger partial charge in [-0.2, -0.15) is 5.26 Å². The van der Waals surface area contributed by atoms with Crippen LogP contribution in [0.3, 0.4) is 0 Å². The van der Waals surface area contributed by atoms with Gasteiger partial charge in [0.2, 0.25) is 0 Å². The molecular weight excluding hydrogens is 635 g/mol. The number of anilines is 1. The highest BCUT2D eigenvalue weighted by Gasteiger charge is 2.34. The molecule has 2 aromatic rings. The molecule has 0 bridgehead atoms. The van der Waals surface area contributed by atoms with E-state index in [1.807, 2.05) is 26.8 Å². The summed E-state index contributed by atoms with van der Waals surface area (Å²) in [6.45, 7) is 7.54. The van der Waals surface area contributed by atoms with Crippen molar-refractivity contribution >= 4 is 40.3 Å². The van der Waals surface area contributed by atoms with Crippen LogP contribution in [0, 0.1) is 28.5 Å². The molecule has 4 rings (SSSR count). The molecule has 10 nitrogen and oxygen atoms in total. The van der Waals surface area contributed by atoms with E-state index in [-0.39, 0.29) is 71.1 Å². The highest BCUT2D eigenvalue weighted by Crippen LogP contribution is 2.43. The van der Waals surface area contributed by atoms with Crippen LogP contribution in [0.25, 0.3) is 0 Å². The number of methoxy groups -OCH3 is 2. The Morgan fingerprint density at radius 2 is 1.89 bits per heavy atom.